The number of ether oxygens (including phenoxy) is 1. The first-order valence-electron chi connectivity index (χ1n) is 10.1. The number of ketones is 1. The van der Waals surface area contributed by atoms with Crippen LogP contribution in [0.5, 0.6) is 5.75 Å². The third-order valence-electron chi connectivity index (χ3n) is 3.94. The zero-order valence-electron chi connectivity index (χ0n) is 18.1. The summed E-state index contributed by atoms with van der Waals surface area (Å²) in [5.74, 6) is -1.79. The molecule has 6 nitrogen and oxygen atoms in total. The molecule has 0 heterocycles. The van der Waals surface area contributed by atoms with Gasteiger partial charge in [0.2, 0.25) is 5.91 Å². The molecular weight excluding hydrogens is 378 g/mol. The van der Waals surface area contributed by atoms with E-state index < -0.39 is 25.5 Å². The standard InChI is InChI=1S/C21H23NO5S/c1-27-18-9-5-8-16(11-18)19(23)14-28-13-17(21(26)22-12-20(24)25)10-15-6-3-2-4-7-15/h2-9,11,17H,10,12-14H2,1H3,(H,22,26)(H,24,25)/i1D3. The minimum absolute atomic E-state index is 0.0749. The largest absolute Gasteiger partial charge is 0.497 e. The smallest absolute Gasteiger partial charge is 0.322 e. The van der Waals surface area contributed by atoms with Gasteiger partial charge in [0.25, 0.3) is 0 Å². The van der Waals surface area contributed by atoms with Crippen molar-refractivity contribution in [3.05, 3.63) is 65.7 Å². The molecule has 0 radical (unpaired) electrons. The van der Waals surface area contributed by atoms with Gasteiger partial charge < -0.3 is 15.2 Å². The fourth-order valence-electron chi connectivity index (χ4n) is 2.54. The van der Waals surface area contributed by atoms with E-state index in [0.29, 0.717) is 17.7 Å². The number of hydrogen-bond acceptors (Lipinski definition) is 5. The van der Waals surface area contributed by atoms with E-state index in [-0.39, 0.29) is 23.2 Å². The molecule has 2 aromatic rings. The lowest BCUT2D eigenvalue weighted by Gasteiger charge is -2.16. The number of benzene rings is 2. The molecule has 0 aliphatic carbocycles. The van der Waals surface area contributed by atoms with Crippen molar-refractivity contribution in [1.29, 1.82) is 0 Å². The molecule has 0 aliphatic rings. The Morgan fingerprint density at radius 1 is 1.18 bits per heavy atom. The Morgan fingerprint density at radius 3 is 2.68 bits per heavy atom. The van der Waals surface area contributed by atoms with Gasteiger partial charge in [-0.05, 0) is 24.1 Å². The van der Waals surface area contributed by atoms with Crippen LogP contribution < -0.4 is 10.1 Å². The molecule has 0 aromatic heterocycles. The predicted octanol–water partition coefficient (Wildman–Crippen LogP) is 2.67. The first kappa shape index (κ1) is 17.3. The minimum atomic E-state index is -2.61. The Labute approximate surface area is 172 Å². The summed E-state index contributed by atoms with van der Waals surface area (Å²) >= 11 is 1.26. The molecule has 2 aromatic carbocycles. The van der Waals surface area contributed by atoms with Gasteiger partial charge >= 0.3 is 5.97 Å². The molecule has 7 heteroatoms. The molecule has 1 unspecified atom stereocenters. The zero-order chi connectivity index (χ0) is 22.9. The molecule has 0 bridgehead atoms. The topological polar surface area (TPSA) is 92.7 Å². The van der Waals surface area contributed by atoms with Gasteiger partial charge in [0.05, 0.1) is 22.8 Å². The minimum Gasteiger partial charge on any atom is -0.497 e. The fourth-order valence-corrected chi connectivity index (χ4v) is 3.57. The Hall–Kier alpha value is -2.80. The molecule has 0 aliphatic heterocycles. The quantitative estimate of drug-likeness (QED) is 0.560. The molecular formula is C21H23NO5S. The molecule has 0 fully saturated rings. The number of amides is 1. The van der Waals surface area contributed by atoms with E-state index in [1.54, 1.807) is 6.07 Å². The number of nitrogens with one attached hydrogen (secondary N) is 1. The monoisotopic (exact) mass is 404 g/mol. The van der Waals surface area contributed by atoms with Gasteiger partial charge in [0.15, 0.2) is 5.78 Å². The van der Waals surface area contributed by atoms with Crippen LogP contribution in [0.15, 0.2) is 54.6 Å². The number of carboxylic acids is 1. The second-order valence-corrected chi connectivity index (χ2v) is 7.10. The summed E-state index contributed by atoms with van der Waals surface area (Å²) in [6.07, 6.45) is 0.412. The van der Waals surface area contributed by atoms with E-state index in [0.717, 1.165) is 5.56 Å². The Morgan fingerprint density at radius 2 is 1.96 bits per heavy atom. The van der Waals surface area contributed by atoms with Gasteiger partial charge in [0, 0.05) is 11.3 Å². The summed E-state index contributed by atoms with van der Waals surface area (Å²) in [4.78, 5) is 35.7. The van der Waals surface area contributed by atoms with Crippen molar-refractivity contribution < 1.29 is 28.3 Å². The van der Waals surface area contributed by atoms with Crippen LogP contribution >= 0.6 is 11.8 Å². The lowest BCUT2D eigenvalue weighted by Crippen LogP contribution is -2.36. The zero-order valence-corrected chi connectivity index (χ0v) is 15.9. The molecule has 28 heavy (non-hydrogen) atoms. The number of hydrogen-bond donors (Lipinski definition) is 2. The number of rotatable bonds is 11. The second-order valence-electron chi connectivity index (χ2n) is 6.07. The highest BCUT2D eigenvalue weighted by molar-refractivity contribution is 8.00. The van der Waals surface area contributed by atoms with Gasteiger partial charge in [-0.3, -0.25) is 14.4 Å². The summed E-state index contributed by atoms with van der Waals surface area (Å²) in [6.45, 7) is -0.468. The third kappa shape index (κ3) is 7.08. The van der Waals surface area contributed by atoms with E-state index in [1.807, 2.05) is 30.3 Å². The molecule has 2 rings (SSSR count). The maximum Gasteiger partial charge on any atom is 0.322 e. The highest BCUT2D eigenvalue weighted by Gasteiger charge is 2.20. The molecule has 148 valence electrons. The van der Waals surface area contributed by atoms with Crippen LogP contribution in [0.3, 0.4) is 0 Å². The highest BCUT2D eigenvalue weighted by Crippen LogP contribution is 2.18. The molecule has 2 N–H and O–H groups in total. The SMILES string of the molecule is [2H]C([2H])([2H])Oc1cccc(C(=O)CSCC(Cc2ccccc2)C(=O)NCC(=O)O)c1. The van der Waals surface area contributed by atoms with E-state index in [4.69, 9.17) is 14.0 Å². The Balaban J connectivity index is 1.97. The van der Waals surface area contributed by atoms with E-state index in [2.05, 4.69) is 5.32 Å². The van der Waals surface area contributed by atoms with Crippen molar-refractivity contribution in [2.45, 2.75) is 6.42 Å². The summed E-state index contributed by atoms with van der Waals surface area (Å²) in [6, 6.07) is 15.3. The van der Waals surface area contributed by atoms with Crippen LogP contribution in [0.2, 0.25) is 0 Å². The van der Waals surface area contributed by atoms with Gasteiger partial charge in [-0.15, -0.1) is 0 Å². The third-order valence-corrected chi connectivity index (χ3v) is 5.04. The summed E-state index contributed by atoms with van der Waals surface area (Å²) in [7, 11) is -2.61. The van der Waals surface area contributed by atoms with Gasteiger partial charge in [-0.2, -0.15) is 11.8 Å². The van der Waals surface area contributed by atoms with Crippen LogP contribution in [-0.4, -0.2) is 47.9 Å². The van der Waals surface area contributed by atoms with Gasteiger partial charge in [0.1, 0.15) is 12.3 Å². The number of thioether (sulfide) groups is 1. The van der Waals surface area contributed by atoms with Crippen molar-refractivity contribution in [1.82, 2.24) is 5.32 Å². The Kier molecular flexibility index (Phi) is 6.88. The predicted molar refractivity (Wildman–Crippen MR) is 109 cm³/mol. The molecule has 0 saturated heterocycles. The lowest BCUT2D eigenvalue weighted by molar-refractivity contribution is -0.138. The van der Waals surface area contributed by atoms with Crippen LogP contribution in [0.25, 0.3) is 0 Å². The fraction of sp³-hybridized carbons (Fsp3) is 0.286. The van der Waals surface area contributed by atoms with Crippen LogP contribution in [0, 0.1) is 5.92 Å². The Bertz CT molecular complexity index is 905. The highest BCUT2D eigenvalue weighted by atomic mass is 32.2. The average Bonchev–Trinajstić information content (AvgIpc) is 2.70. The van der Waals surface area contributed by atoms with Crippen molar-refractivity contribution in [3.63, 3.8) is 0 Å². The molecule has 0 spiro atoms. The summed E-state index contributed by atoms with van der Waals surface area (Å²) in [5.41, 5.74) is 1.24. The van der Waals surface area contributed by atoms with Crippen molar-refractivity contribution in [2.75, 3.05) is 25.1 Å². The van der Waals surface area contributed by atoms with E-state index in [9.17, 15) is 14.4 Å². The van der Waals surface area contributed by atoms with Crippen molar-refractivity contribution in [2.24, 2.45) is 5.92 Å². The first-order chi connectivity index (χ1) is 14.6. The van der Waals surface area contributed by atoms with Crippen LogP contribution in [0.1, 0.15) is 20.0 Å². The van der Waals surface area contributed by atoms with E-state index in [1.165, 1.54) is 30.0 Å². The number of methoxy groups -OCH3 is 1. The average molecular weight is 405 g/mol. The molecule has 1 amide bonds. The number of carboxylic acid groups (broad SMARTS) is 1. The molecule has 0 saturated carbocycles. The number of carbonyl (C=O) groups is 3. The van der Waals surface area contributed by atoms with Gasteiger partial charge in [-0.25, -0.2) is 0 Å². The maximum atomic E-state index is 12.5. The number of carbonyl (C=O) groups excluding carboxylic acids is 2. The summed E-state index contributed by atoms with van der Waals surface area (Å²) in [5, 5.41) is 11.2. The normalized spacial score (nSPS) is 13.5. The van der Waals surface area contributed by atoms with Gasteiger partial charge in [-0.1, -0.05) is 42.5 Å². The number of aliphatic carboxylic acids is 1. The number of Topliss-reactive ketones (excluding diaryl/α,β-unsaturated/α-hetero) is 1. The second kappa shape index (κ2) is 11.1. The molecule has 1 atom stereocenters. The van der Waals surface area contributed by atoms with Crippen LogP contribution in [-0.2, 0) is 16.0 Å². The van der Waals surface area contributed by atoms with Crippen molar-refractivity contribution in [3.8, 4) is 5.75 Å². The summed E-state index contributed by atoms with van der Waals surface area (Å²) < 4.78 is 26.3. The lowest BCUT2D eigenvalue weighted by atomic mass is 10.0. The first-order valence-corrected chi connectivity index (χ1v) is 9.73. The van der Waals surface area contributed by atoms with E-state index >= 15 is 0 Å². The van der Waals surface area contributed by atoms with Crippen molar-refractivity contribution >= 4 is 29.4 Å². The van der Waals surface area contributed by atoms with Crippen LogP contribution in [0.4, 0.5) is 0 Å². The maximum absolute atomic E-state index is 12.5.